The van der Waals surface area contributed by atoms with Crippen LogP contribution in [0.3, 0.4) is 0 Å². The summed E-state index contributed by atoms with van der Waals surface area (Å²) in [6, 6.07) is 7.01. The molecular weight excluding hydrogens is 222 g/mol. The van der Waals surface area contributed by atoms with Crippen LogP contribution in [0.4, 0.5) is 0 Å². The van der Waals surface area contributed by atoms with Crippen LogP contribution < -0.4 is 0 Å². The molecule has 1 rings (SSSR count). The lowest BCUT2D eigenvalue weighted by molar-refractivity contribution is -0.484. The maximum Gasteiger partial charge on any atom is 0.213 e. The summed E-state index contributed by atoms with van der Waals surface area (Å²) in [5.41, 5.74) is 1.63. The van der Waals surface area contributed by atoms with E-state index in [-0.39, 0.29) is 0 Å². The maximum absolute atomic E-state index is 11.1. The zero-order valence-corrected chi connectivity index (χ0v) is 9.79. The van der Waals surface area contributed by atoms with Crippen LogP contribution in [0.5, 0.6) is 0 Å². The first-order valence-corrected chi connectivity index (χ1v) is 5.28. The molecule has 0 aliphatic rings. The molecule has 0 spiro atoms. The van der Waals surface area contributed by atoms with Gasteiger partial charge in [-0.3, -0.25) is 14.9 Å². The van der Waals surface area contributed by atoms with E-state index >= 15 is 0 Å². The molecule has 0 fully saturated rings. The molecule has 0 amide bonds. The van der Waals surface area contributed by atoms with Crippen LogP contribution in [0.1, 0.15) is 24.0 Å². The first kappa shape index (κ1) is 13.3. The summed E-state index contributed by atoms with van der Waals surface area (Å²) in [5, 5.41) is 20.3. The smallest absolute Gasteiger partial charge is 0.213 e. The number of ketones is 1. The van der Waals surface area contributed by atoms with Crippen molar-refractivity contribution in [2.24, 2.45) is 0 Å². The molecule has 0 aliphatic carbocycles. The van der Waals surface area contributed by atoms with Crippen LogP contribution in [-0.2, 0) is 4.79 Å². The van der Waals surface area contributed by atoms with E-state index in [1.165, 1.54) is 6.92 Å². The number of carbonyl (C=O) groups is 1. The molecule has 0 radical (unpaired) electrons. The summed E-state index contributed by atoms with van der Waals surface area (Å²) in [6.45, 7) is 2.67. The Bertz CT molecular complexity index is 413. The van der Waals surface area contributed by atoms with Crippen LogP contribution in [0.2, 0.25) is 0 Å². The van der Waals surface area contributed by atoms with E-state index in [1.54, 1.807) is 24.3 Å². The van der Waals surface area contributed by atoms with Gasteiger partial charge in [-0.05, 0) is 19.4 Å². The lowest BCUT2D eigenvalue weighted by Crippen LogP contribution is -2.31. The van der Waals surface area contributed by atoms with Crippen molar-refractivity contribution in [3.8, 4) is 0 Å². The Hall–Kier alpha value is -1.75. The van der Waals surface area contributed by atoms with Crippen LogP contribution >= 0.6 is 0 Å². The molecule has 1 aromatic rings. The highest BCUT2D eigenvalue weighted by Crippen LogP contribution is 2.21. The number of aryl methyl sites for hydroxylation is 1. The van der Waals surface area contributed by atoms with Gasteiger partial charge in [-0.25, -0.2) is 0 Å². The zero-order chi connectivity index (χ0) is 13.0. The second kappa shape index (κ2) is 5.54. The summed E-state index contributed by atoms with van der Waals surface area (Å²) in [7, 11) is 0. The lowest BCUT2D eigenvalue weighted by atomic mass is 9.91. The highest BCUT2D eigenvalue weighted by atomic mass is 16.6. The Morgan fingerprint density at radius 1 is 1.41 bits per heavy atom. The molecule has 0 heterocycles. The Morgan fingerprint density at radius 3 is 2.35 bits per heavy atom. The second-order valence-corrected chi connectivity index (χ2v) is 4.09. The Labute approximate surface area is 99.2 Å². The molecule has 0 unspecified atom stereocenters. The number of aliphatic hydroxyl groups excluding tert-OH is 1. The third-order valence-corrected chi connectivity index (χ3v) is 2.65. The minimum absolute atomic E-state index is 0.455. The molecule has 0 saturated heterocycles. The fraction of sp³-hybridized carbons (Fsp3) is 0.417. The molecule has 17 heavy (non-hydrogen) atoms. The quantitative estimate of drug-likeness (QED) is 0.618. The predicted octanol–water partition coefficient (Wildman–Crippen LogP) is 1.31. The number of nitro groups is 1. The highest BCUT2D eigenvalue weighted by molar-refractivity contribution is 5.81. The van der Waals surface area contributed by atoms with Gasteiger partial charge in [0.2, 0.25) is 6.54 Å². The van der Waals surface area contributed by atoms with Gasteiger partial charge in [0.05, 0.1) is 5.92 Å². The van der Waals surface area contributed by atoms with Crippen molar-refractivity contribution in [3.63, 3.8) is 0 Å². The van der Waals surface area contributed by atoms with Crippen molar-refractivity contribution in [1.82, 2.24) is 0 Å². The van der Waals surface area contributed by atoms with E-state index in [4.69, 9.17) is 0 Å². The van der Waals surface area contributed by atoms with Crippen molar-refractivity contribution in [1.29, 1.82) is 0 Å². The topological polar surface area (TPSA) is 80.4 Å². The van der Waals surface area contributed by atoms with Crippen molar-refractivity contribution in [2.45, 2.75) is 25.9 Å². The molecule has 5 nitrogen and oxygen atoms in total. The number of nitrogens with zero attached hydrogens (tertiary/aromatic N) is 1. The van der Waals surface area contributed by atoms with Gasteiger partial charge in [0.15, 0.2) is 5.78 Å². The molecule has 92 valence electrons. The molecule has 5 heteroatoms. The second-order valence-electron chi connectivity index (χ2n) is 4.09. The summed E-state index contributed by atoms with van der Waals surface area (Å²) in [5.74, 6) is -1.25. The molecular formula is C12H15NO4. The Kier molecular flexibility index (Phi) is 4.34. The highest BCUT2D eigenvalue weighted by Gasteiger charge is 2.29. The van der Waals surface area contributed by atoms with Crippen molar-refractivity contribution >= 4 is 5.78 Å². The van der Waals surface area contributed by atoms with Gasteiger partial charge < -0.3 is 5.11 Å². The van der Waals surface area contributed by atoms with Gasteiger partial charge in [0.25, 0.3) is 0 Å². The van der Waals surface area contributed by atoms with Gasteiger partial charge in [-0.2, -0.15) is 0 Å². The number of carbonyl (C=O) groups excluding carboxylic acids is 1. The van der Waals surface area contributed by atoms with E-state index < -0.39 is 29.3 Å². The maximum atomic E-state index is 11.1. The molecule has 2 atom stereocenters. The van der Waals surface area contributed by atoms with Gasteiger partial charge in [-0.15, -0.1) is 0 Å². The summed E-state index contributed by atoms with van der Waals surface area (Å²) >= 11 is 0. The van der Waals surface area contributed by atoms with Crippen molar-refractivity contribution in [3.05, 3.63) is 45.5 Å². The first-order chi connectivity index (χ1) is 7.91. The number of Topliss-reactive ketones (excluding diaryl/α,β-unsaturated/α-hetero) is 1. The molecule has 0 saturated carbocycles. The average molecular weight is 237 g/mol. The van der Waals surface area contributed by atoms with Gasteiger partial charge in [0.1, 0.15) is 6.10 Å². The fourth-order valence-electron chi connectivity index (χ4n) is 1.65. The average Bonchev–Trinajstić information content (AvgIpc) is 2.26. The molecule has 0 aliphatic heterocycles. The van der Waals surface area contributed by atoms with E-state index in [0.29, 0.717) is 5.56 Å². The first-order valence-electron chi connectivity index (χ1n) is 5.28. The van der Waals surface area contributed by atoms with Crippen LogP contribution in [0.15, 0.2) is 24.3 Å². The SMILES string of the molecule is CC(=O)[C@H](O)[C@@H](C[N+](=O)[O-])c1ccc(C)cc1. The van der Waals surface area contributed by atoms with Crippen LogP contribution in [-0.4, -0.2) is 28.5 Å². The third-order valence-electron chi connectivity index (χ3n) is 2.65. The van der Waals surface area contributed by atoms with E-state index in [9.17, 15) is 20.0 Å². The van der Waals surface area contributed by atoms with Crippen LogP contribution in [0, 0.1) is 17.0 Å². The largest absolute Gasteiger partial charge is 0.384 e. The lowest BCUT2D eigenvalue weighted by Gasteiger charge is -2.17. The standard InChI is InChI=1S/C12H15NO4/c1-8-3-5-10(6-4-8)11(7-13(16)17)12(15)9(2)14/h3-6,11-12,15H,7H2,1-2H3/t11-,12-/m0/s1. The van der Waals surface area contributed by atoms with E-state index in [2.05, 4.69) is 0 Å². The number of rotatable bonds is 5. The van der Waals surface area contributed by atoms with Crippen LogP contribution in [0.25, 0.3) is 0 Å². The molecule has 1 N–H and O–H groups in total. The normalized spacial score (nSPS) is 14.1. The molecule has 0 bridgehead atoms. The number of aliphatic hydroxyl groups is 1. The van der Waals surface area contributed by atoms with E-state index in [0.717, 1.165) is 5.56 Å². The summed E-state index contributed by atoms with van der Waals surface area (Å²) in [6.07, 6.45) is -1.33. The number of benzene rings is 1. The summed E-state index contributed by atoms with van der Waals surface area (Å²) < 4.78 is 0. The minimum atomic E-state index is -1.33. The van der Waals surface area contributed by atoms with Crippen molar-refractivity contribution in [2.75, 3.05) is 6.54 Å². The molecule has 0 aromatic heterocycles. The number of hydrogen-bond acceptors (Lipinski definition) is 4. The van der Waals surface area contributed by atoms with Gasteiger partial charge >= 0.3 is 0 Å². The Balaban J connectivity index is 3.01. The monoisotopic (exact) mass is 237 g/mol. The van der Waals surface area contributed by atoms with Gasteiger partial charge in [0, 0.05) is 4.92 Å². The van der Waals surface area contributed by atoms with E-state index in [1.807, 2.05) is 6.92 Å². The number of hydrogen-bond donors (Lipinski definition) is 1. The minimum Gasteiger partial charge on any atom is -0.384 e. The third kappa shape index (κ3) is 3.64. The van der Waals surface area contributed by atoms with Crippen molar-refractivity contribution < 1.29 is 14.8 Å². The van der Waals surface area contributed by atoms with Gasteiger partial charge in [-0.1, -0.05) is 29.8 Å². The zero-order valence-electron chi connectivity index (χ0n) is 9.79. The Morgan fingerprint density at radius 2 is 1.94 bits per heavy atom. The molecule has 1 aromatic carbocycles. The summed E-state index contributed by atoms with van der Waals surface area (Å²) in [4.78, 5) is 21.2. The fourth-order valence-corrected chi connectivity index (χ4v) is 1.65. The predicted molar refractivity (Wildman–Crippen MR) is 62.5 cm³/mol.